The van der Waals surface area contributed by atoms with E-state index in [2.05, 4.69) is 20.7 Å². The Hall–Kier alpha value is -3.11. The lowest BCUT2D eigenvalue weighted by Crippen LogP contribution is -2.45. The third kappa shape index (κ3) is 5.20. The maximum absolute atomic E-state index is 13.3. The van der Waals surface area contributed by atoms with E-state index in [1.54, 1.807) is 31.2 Å². The molecule has 1 amide bonds. The van der Waals surface area contributed by atoms with E-state index in [1.807, 2.05) is 0 Å². The highest BCUT2D eigenvalue weighted by molar-refractivity contribution is 7.80. The predicted octanol–water partition coefficient (Wildman–Crippen LogP) is 4.39. The van der Waals surface area contributed by atoms with Crippen molar-refractivity contribution in [2.24, 2.45) is 0 Å². The second-order valence-corrected chi connectivity index (χ2v) is 7.50. The number of carbonyl (C=O) groups excluding carboxylic acids is 1. The van der Waals surface area contributed by atoms with Crippen LogP contribution in [0.3, 0.4) is 0 Å². The normalized spacial score (nSPS) is 15.7. The van der Waals surface area contributed by atoms with Gasteiger partial charge in [-0.15, -0.1) is 0 Å². The molecule has 1 atom stereocenters. The lowest BCUT2D eigenvalue weighted by atomic mass is 9.94. The first-order valence-corrected chi connectivity index (χ1v) is 10.1. The lowest BCUT2D eigenvalue weighted by molar-refractivity contribution is -0.113. The maximum Gasteiger partial charge on any atom is 0.387 e. The van der Waals surface area contributed by atoms with Gasteiger partial charge in [-0.25, -0.2) is 0 Å². The zero-order valence-electron chi connectivity index (χ0n) is 17.3. The van der Waals surface area contributed by atoms with Crippen LogP contribution in [0.25, 0.3) is 0 Å². The zero-order valence-corrected chi connectivity index (χ0v) is 18.9. The van der Waals surface area contributed by atoms with E-state index in [4.69, 9.17) is 33.3 Å². The maximum atomic E-state index is 13.3. The standard InChI is InChI=1S/C21H20ClF2N3O4S/c1-10-17(19(28)26-13-6-5-12(22)9-15(13)29-2)18(27-21(32)25-10)11-4-7-14(31-20(23)24)16(8-11)30-3/h4-9,18,20H,1-3H3,(H,26,28)(H2,25,27,32)/t18-/m0/s1. The summed E-state index contributed by atoms with van der Waals surface area (Å²) in [6, 6.07) is 8.54. The Kier molecular flexibility index (Phi) is 7.37. The molecule has 2 aromatic rings. The fourth-order valence-corrected chi connectivity index (χ4v) is 3.69. The molecule has 3 rings (SSSR count). The van der Waals surface area contributed by atoms with Gasteiger partial charge in [0.25, 0.3) is 5.91 Å². The van der Waals surface area contributed by atoms with Gasteiger partial charge in [-0.2, -0.15) is 8.78 Å². The van der Waals surface area contributed by atoms with Crippen molar-refractivity contribution in [3.05, 3.63) is 58.3 Å². The predicted molar refractivity (Wildman–Crippen MR) is 121 cm³/mol. The van der Waals surface area contributed by atoms with Crippen LogP contribution < -0.4 is 30.2 Å². The first-order chi connectivity index (χ1) is 15.2. The largest absolute Gasteiger partial charge is 0.495 e. The number of hydrogen-bond donors (Lipinski definition) is 3. The minimum absolute atomic E-state index is 0.0887. The molecule has 0 saturated heterocycles. The number of halogens is 3. The van der Waals surface area contributed by atoms with Crippen LogP contribution in [0, 0.1) is 0 Å². The summed E-state index contributed by atoms with van der Waals surface area (Å²) in [5.74, 6) is -0.0724. The first kappa shape index (κ1) is 23.6. The van der Waals surface area contributed by atoms with E-state index in [9.17, 15) is 13.6 Å². The van der Waals surface area contributed by atoms with Crippen LogP contribution in [0.2, 0.25) is 5.02 Å². The van der Waals surface area contributed by atoms with E-state index in [0.717, 1.165) is 0 Å². The molecule has 0 fully saturated rings. The summed E-state index contributed by atoms with van der Waals surface area (Å²) in [5, 5.41) is 9.54. The average molecular weight is 484 g/mol. The Bertz CT molecular complexity index is 1080. The van der Waals surface area contributed by atoms with Crippen molar-refractivity contribution in [2.45, 2.75) is 19.6 Å². The van der Waals surface area contributed by atoms with Crippen molar-refractivity contribution < 1.29 is 27.8 Å². The van der Waals surface area contributed by atoms with Crippen LogP contribution >= 0.6 is 23.8 Å². The highest BCUT2D eigenvalue weighted by Crippen LogP contribution is 2.36. The molecule has 1 aliphatic heterocycles. The van der Waals surface area contributed by atoms with Crippen molar-refractivity contribution in [1.29, 1.82) is 0 Å². The number of nitrogens with one attached hydrogen (secondary N) is 3. The SMILES string of the molecule is COc1cc(Cl)ccc1NC(=O)C1=C(C)NC(=S)N[C@H]1c1ccc(OC(F)F)c(OC)c1. The molecule has 0 unspecified atom stereocenters. The van der Waals surface area contributed by atoms with Gasteiger partial charge in [-0.05, 0) is 49.0 Å². The van der Waals surface area contributed by atoms with E-state index >= 15 is 0 Å². The van der Waals surface area contributed by atoms with Crippen molar-refractivity contribution in [3.63, 3.8) is 0 Å². The fourth-order valence-electron chi connectivity index (χ4n) is 3.26. The lowest BCUT2D eigenvalue weighted by Gasteiger charge is -2.30. The number of rotatable bonds is 7. The Labute approximate surface area is 193 Å². The van der Waals surface area contributed by atoms with E-state index < -0.39 is 18.6 Å². The smallest absolute Gasteiger partial charge is 0.387 e. The van der Waals surface area contributed by atoms with Gasteiger partial charge in [0.2, 0.25) is 0 Å². The number of ether oxygens (including phenoxy) is 3. The van der Waals surface area contributed by atoms with Crippen LogP contribution in [0.4, 0.5) is 14.5 Å². The van der Waals surface area contributed by atoms with E-state index in [-0.39, 0.29) is 11.5 Å². The number of methoxy groups -OCH3 is 2. The van der Waals surface area contributed by atoms with Crippen LogP contribution in [-0.2, 0) is 4.79 Å². The van der Waals surface area contributed by atoms with Crippen LogP contribution in [0.1, 0.15) is 18.5 Å². The molecule has 0 aliphatic carbocycles. The summed E-state index contributed by atoms with van der Waals surface area (Å²) < 4.78 is 40.3. The van der Waals surface area contributed by atoms with Crippen LogP contribution in [0.5, 0.6) is 17.2 Å². The second kappa shape index (κ2) is 10.0. The number of alkyl halides is 2. The molecule has 0 spiro atoms. The zero-order chi connectivity index (χ0) is 23.4. The molecule has 11 heteroatoms. The van der Waals surface area contributed by atoms with Gasteiger partial charge >= 0.3 is 6.61 Å². The topological polar surface area (TPSA) is 80.9 Å². The minimum Gasteiger partial charge on any atom is -0.495 e. The van der Waals surface area contributed by atoms with Crippen LogP contribution in [-0.4, -0.2) is 31.9 Å². The Morgan fingerprint density at radius 2 is 1.84 bits per heavy atom. The number of allylic oxidation sites excluding steroid dienone is 1. The van der Waals surface area contributed by atoms with Crippen molar-refractivity contribution in [2.75, 3.05) is 19.5 Å². The third-order valence-electron chi connectivity index (χ3n) is 4.66. The van der Waals surface area contributed by atoms with Gasteiger partial charge in [0, 0.05) is 16.8 Å². The Morgan fingerprint density at radius 1 is 1.12 bits per heavy atom. The number of carbonyl (C=O) groups is 1. The number of hydrogen-bond acceptors (Lipinski definition) is 5. The van der Waals surface area contributed by atoms with Crippen molar-refractivity contribution in [3.8, 4) is 17.2 Å². The summed E-state index contributed by atoms with van der Waals surface area (Å²) in [6.07, 6.45) is 0. The van der Waals surface area contributed by atoms with Gasteiger partial charge in [-0.3, -0.25) is 4.79 Å². The Balaban J connectivity index is 1.98. The summed E-state index contributed by atoms with van der Waals surface area (Å²) in [6.45, 7) is -1.29. The van der Waals surface area contributed by atoms with E-state index in [1.165, 1.54) is 26.4 Å². The molecular weight excluding hydrogens is 464 g/mol. The number of anilines is 1. The van der Waals surface area contributed by atoms with Crippen molar-refractivity contribution >= 4 is 40.5 Å². The molecule has 7 nitrogen and oxygen atoms in total. The van der Waals surface area contributed by atoms with Gasteiger partial charge in [0.15, 0.2) is 16.6 Å². The molecule has 0 saturated carbocycles. The fraction of sp³-hybridized carbons (Fsp3) is 0.238. The van der Waals surface area contributed by atoms with Gasteiger partial charge in [0.1, 0.15) is 5.75 Å². The minimum atomic E-state index is -3.00. The summed E-state index contributed by atoms with van der Waals surface area (Å²) >= 11 is 11.2. The monoisotopic (exact) mass is 483 g/mol. The highest BCUT2D eigenvalue weighted by atomic mass is 35.5. The molecule has 0 radical (unpaired) electrons. The van der Waals surface area contributed by atoms with E-state index in [0.29, 0.717) is 38.4 Å². The van der Waals surface area contributed by atoms with Gasteiger partial charge in [-0.1, -0.05) is 17.7 Å². The summed E-state index contributed by atoms with van der Waals surface area (Å²) in [7, 11) is 2.80. The van der Waals surface area contributed by atoms with Crippen molar-refractivity contribution in [1.82, 2.24) is 10.6 Å². The summed E-state index contributed by atoms with van der Waals surface area (Å²) in [5.41, 5.74) is 1.84. The summed E-state index contributed by atoms with van der Waals surface area (Å²) in [4.78, 5) is 13.3. The molecule has 0 aromatic heterocycles. The molecular formula is C21H20ClF2N3O4S. The molecule has 32 heavy (non-hydrogen) atoms. The molecule has 0 bridgehead atoms. The molecule has 170 valence electrons. The Morgan fingerprint density at radius 3 is 2.50 bits per heavy atom. The third-order valence-corrected chi connectivity index (χ3v) is 5.12. The number of thiocarbonyl (C=S) groups is 1. The number of amides is 1. The molecule has 3 N–H and O–H groups in total. The molecule has 2 aromatic carbocycles. The number of benzene rings is 2. The quantitative estimate of drug-likeness (QED) is 0.504. The van der Waals surface area contributed by atoms with Crippen LogP contribution in [0.15, 0.2) is 47.7 Å². The second-order valence-electron chi connectivity index (χ2n) is 6.66. The van der Waals surface area contributed by atoms with Gasteiger partial charge in [0.05, 0.1) is 31.5 Å². The molecule has 1 aliphatic rings. The average Bonchev–Trinajstić information content (AvgIpc) is 2.74. The van der Waals surface area contributed by atoms with Gasteiger partial charge < -0.3 is 30.2 Å². The first-order valence-electron chi connectivity index (χ1n) is 9.29. The highest BCUT2D eigenvalue weighted by Gasteiger charge is 2.31. The molecule has 1 heterocycles.